The summed E-state index contributed by atoms with van der Waals surface area (Å²) in [5, 5.41) is 6.33. The van der Waals surface area contributed by atoms with E-state index in [9.17, 15) is 8.42 Å². The van der Waals surface area contributed by atoms with E-state index in [1.54, 1.807) is 6.92 Å². The van der Waals surface area contributed by atoms with Crippen molar-refractivity contribution in [1.29, 1.82) is 0 Å². The summed E-state index contributed by atoms with van der Waals surface area (Å²) < 4.78 is 27.0. The highest BCUT2D eigenvalue weighted by atomic mass is 35.5. The van der Waals surface area contributed by atoms with Crippen LogP contribution in [0.15, 0.2) is 11.1 Å². The third-order valence-electron chi connectivity index (χ3n) is 3.03. The zero-order valence-electron chi connectivity index (χ0n) is 10.2. The Hall–Kier alpha value is -0.590. The van der Waals surface area contributed by atoms with Crippen molar-refractivity contribution in [2.75, 3.05) is 5.88 Å². The van der Waals surface area contributed by atoms with E-state index >= 15 is 0 Å². The van der Waals surface area contributed by atoms with E-state index in [0.717, 1.165) is 0 Å². The predicted octanol–water partition coefficient (Wildman–Crippen LogP) is 1.79. The van der Waals surface area contributed by atoms with Crippen LogP contribution in [0.3, 0.4) is 0 Å². The Bertz CT molecular complexity index is 457. The second kappa shape index (κ2) is 5.37. The first-order chi connectivity index (χ1) is 7.90. The van der Waals surface area contributed by atoms with Gasteiger partial charge in [-0.3, -0.25) is 5.10 Å². The molecule has 0 bridgehead atoms. The zero-order valence-corrected chi connectivity index (χ0v) is 11.8. The highest BCUT2D eigenvalue weighted by molar-refractivity contribution is 7.89. The maximum absolute atomic E-state index is 12.2. The topological polar surface area (TPSA) is 74.8 Å². The van der Waals surface area contributed by atoms with Crippen LogP contribution in [-0.4, -0.2) is 30.0 Å². The second-order valence-electron chi connectivity index (χ2n) is 4.09. The van der Waals surface area contributed by atoms with Crippen LogP contribution >= 0.6 is 11.6 Å². The van der Waals surface area contributed by atoms with Crippen LogP contribution in [0, 0.1) is 6.92 Å². The minimum atomic E-state index is -3.57. The van der Waals surface area contributed by atoms with Crippen LogP contribution in [0.2, 0.25) is 0 Å². The standard InChI is InChI=1S/C10H18ClN3O2S/c1-4-10(5-2,7-11)14-17(15,16)9-6-12-13-8(9)3/h6,14H,4-5,7H2,1-3H3,(H,12,13). The van der Waals surface area contributed by atoms with Gasteiger partial charge in [-0.05, 0) is 19.8 Å². The smallest absolute Gasteiger partial charge is 0.244 e. The quantitative estimate of drug-likeness (QED) is 0.780. The van der Waals surface area contributed by atoms with Gasteiger partial charge in [0.1, 0.15) is 4.90 Å². The first-order valence-electron chi connectivity index (χ1n) is 5.50. The van der Waals surface area contributed by atoms with Gasteiger partial charge in [-0.15, -0.1) is 11.6 Å². The van der Waals surface area contributed by atoms with E-state index in [1.165, 1.54) is 6.20 Å². The second-order valence-corrected chi connectivity index (χ2v) is 6.00. The van der Waals surface area contributed by atoms with Gasteiger partial charge >= 0.3 is 0 Å². The molecule has 98 valence electrons. The number of hydrogen-bond donors (Lipinski definition) is 2. The molecule has 1 aromatic heterocycles. The van der Waals surface area contributed by atoms with Crippen molar-refractivity contribution in [1.82, 2.24) is 14.9 Å². The summed E-state index contributed by atoms with van der Waals surface area (Å²) in [6, 6.07) is 0. The number of hydrogen-bond acceptors (Lipinski definition) is 3. The van der Waals surface area contributed by atoms with E-state index < -0.39 is 15.6 Å². The molecule has 2 N–H and O–H groups in total. The molecule has 0 radical (unpaired) electrons. The van der Waals surface area contributed by atoms with Crippen molar-refractivity contribution < 1.29 is 8.42 Å². The molecule has 1 aromatic rings. The summed E-state index contributed by atoms with van der Waals surface area (Å²) in [7, 11) is -3.57. The molecule has 0 saturated heterocycles. The van der Waals surface area contributed by atoms with Crippen molar-refractivity contribution in [2.24, 2.45) is 0 Å². The van der Waals surface area contributed by atoms with Gasteiger partial charge in [0.05, 0.1) is 11.9 Å². The Morgan fingerprint density at radius 2 is 2.06 bits per heavy atom. The summed E-state index contributed by atoms with van der Waals surface area (Å²) in [5.41, 5.74) is -0.0717. The van der Waals surface area contributed by atoms with Crippen LogP contribution in [-0.2, 0) is 10.0 Å². The minimum absolute atomic E-state index is 0.175. The molecule has 0 aliphatic carbocycles. The van der Waals surface area contributed by atoms with E-state index in [-0.39, 0.29) is 10.8 Å². The molecule has 0 unspecified atom stereocenters. The third-order valence-corrected chi connectivity index (χ3v) is 5.24. The van der Waals surface area contributed by atoms with Crippen LogP contribution in [0.25, 0.3) is 0 Å². The average molecular weight is 280 g/mol. The summed E-state index contributed by atoms with van der Waals surface area (Å²) in [6.07, 6.45) is 2.59. The molecule has 1 rings (SSSR count). The van der Waals surface area contributed by atoms with E-state index in [2.05, 4.69) is 14.9 Å². The molecule has 7 heteroatoms. The Morgan fingerprint density at radius 1 is 1.47 bits per heavy atom. The van der Waals surface area contributed by atoms with Gasteiger partial charge in [-0.25, -0.2) is 13.1 Å². The molecule has 0 saturated carbocycles. The van der Waals surface area contributed by atoms with Crippen molar-refractivity contribution in [3.05, 3.63) is 11.9 Å². The van der Waals surface area contributed by atoms with Crippen molar-refractivity contribution >= 4 is 21.6 Å². The van der Waals surface area contributed by atoms with Crippen LogP contribution < -0.4 is 4.72 Å². The van der Waals surface area contributed by atoms with E-state index in [1.807, 2.05) is 13.8 Å². The summed E-state index contributed by atoms with van der Waals surface area (Å²) in [5.74, 6) is 0.246. The van der Waals surface area contributed by atoms with Crippen molar-refractivity contribution in [3.63, 3.8) is 0 Å². The number of aryl methyl sites for hydroxylation is 1. The maximum atomic E-state index is 12.2. The SMILES string of the molecule is CCC(CC)(CCl)NS(=O)(=O)c1cn[nH]c1C. The van der Waals surface area contributed by atoms with Gasteiger partial charge in [-0.2, -0.15) is 5.10 Å². The number of H-pyrrole nitrogens is 1. The molecule has 0 amide bonds. The zero-order chi connectivity index (χ0) is 13.1. The lowest BCUT2D eigenvalue weighted by atomic mass is 9.97. The lowest BCUT2D eigenvalue weighted by molar-refractivity contribution is 0.394. The number of nitrogens with zero attached hydrogens (tertiary/aromatic N) is 1. The lowest BCUT2D eigenvalue weighted by Gasteiger charge is -2.29. The number of halogens is 1. The van der Waals surface area contributed by atoms with Crippen molar-refractivity contribution in [3.8, 4) is 0 Å². The Kier molecular flexibility index (Phi) is 4.57. The van der Waals surface area contributed by atoms with Gasteiger partial charge in [-0.1, -0.05) is 13.8 Å². The summed E-state index contributed by atoms with van der Waals surface area (Å²) in [6.45, 7) is 5.50. The number of aromatic nitrogens is 2. The summed E-state index contributed by atoms with van der Waals surface area (Å²) in [4.78, 5) is 0.175. The van der Waals surface area contributed by atoms with Gasteiger partial charge in [0.25, 0.3) is 0 Å². The molecule has 17 heavy (non-hydrogen) atoms. The molecular formula is C10H18ClN3O2S. The minimum Gasteiger partial charge on any atom is -0.281 e. The Balaban J connectivity index is 3.05. The van der Waals surface area contributed by atoms with Crippen LogP contribution in [0.1, 0.15) is 32.4 Å². The molecule has 0 fully saturated rings. The van der Waals surface area contributed by atoms with Crippen molar-refractivity contribution in [2.45, 2.75) is 44.0 Å². The third kappa shape index (κ3) is 3.00. The normalized spacial score (nSPS) is 12.9. The molecular weight excluding hydrogens is 262 g/mol. The van der Waals surface area contributed by atoms with Gasteiger partial charge < -0.3 is 0 Å². The van der Waals surface area contributed by atoms with Crippen LogP contribution in [0.4, 0.5) is 0 Å². The number of sulfonamides is 1. The molecule has 0 aliphatic heterocycles. The van der Waals surface area contributed by atoms with Gasteiger partial charge in [0.2, 0.25) is 10.0 Å². The Morgan fingerprint density at radius 3 is 2.41 bits per heavy atom. The number of aromatic amines is 1. The highest BCUT2D eigenvalue weighted by Crippen LogP contribution is 2.21. The van der Waals surface area contributed by atoms with E-state index in [4.69, 9.17) is 11.6 Å². The molecule has 0 aliphatic rings. The molecule has 0 atom stereocenters. The maximum Gasteiger partial charge on any atom is 0.244 e. The van der Waals surface area contributed by atoms with E-state index in [0.29, 0.717) is 18.5 Å². The summed E-state index contributed by atoms with van der Waals surface area (Å²) >= 11 is 5.88. The van der Waals surface area contributed by atoms with Gasteiger partial charge in [0, 0.05) is 11.4 Å². The monoisotopic (exact) mass is 279 g/mol. The first-order valence-corrected chi connectivity index (χ1v) is 7.52. The molecule has 0 spiro atoms. The number of rotatable bonds is 6. The molecule has 5 nitrogen and oxygen atoms in total. The average Bonchev–Trinajstić information content (AvgIpc) is 2.73. The molecule has 0 aromatic carbocycles. The largest absolute Gasteiger partial charge is 0.281 e. The fraction of sp³-hybridized carbons (Fsp3) is 0.700. The molecule has 1 heterocycles. The highest BCUT2D eigenvalue weighted by Gasteiger charge is 2.32. The van der Waals surface area contributed by atoms with Crippen LogP contribution in [0.5, 0.6) is 0 Å². The number of nitrogens with one attached hydrogen (secondary N) is 2. The fourth-order valence-corrected chi connectivity index (χ4v) is 3.77. The lowest BCUT2D eigenvalue weighted by Crippen LogP contribution is -2.49. The predicted molar refractivity (Wildman–Crippen MR) is 67.7 cm³/mol. The van der Waals surface area contributed by atoms with Gasteiger partial charge in [0.15, 0.2) is 0 Å². The number of alkyl halides is 1. The Labute approximate surface area is 107 Å². The first kappa shape index (κ1) is 14.5. The fourth-order valence-electron chi connectivity index (χ4n) is 1.56.